The molecule has 4 nitrogen and oxygen atoms in total. The summed E-state index contributed by atoms with van der Waals surface area (Å²) in [6.45, 7) is 1.63. The Kier molecular flexibility index (Phi) is 2.83. The average molecular weight is 197 g/mol. The minimum absolute atomic E-state index is 0.203. The first-order valence-electron chi connectivity index (χ1n) is 3.38. The van der Waals surface area contributed by atoms with Crippen LogP contribution in [0.15, 0.2) is 12.4 Å². The quantitative estimate of drug-likeness (QED) is 0.684. The van der Waals surface area contributed by atoms with Crippen LogP contribution >= 0.6 is 11.9 Å². The van der Waals surface area contributed by atoms with Gasteiger partial charge in [-0.2, -0.15) is 5.26 Å². The van der Waals surface area contributed by atoms with Crippen LogP contribution in [0.3, 0.4) is 0 Å². The molecular formula is C8H5ClN2O2. The maximum absolute atomic E-state index is 11.0. The fourth-order valence-corrected chi connectivity index (χ4v) is 0.968. The number of carbonyl (C=O) groups excluding carboxylic acids is 1. The molecule has 1 rings (SSSR count). The zero-order valence-corrected chi connectivity index (χ0v) is 7.50. The Balaban J connectivity index is 3.25. The fourth-order valence-electron chi connectivity index (χ4n) is 0.885. The molecule has 5 heteroatoms. The van der Waals surface area contributed by atoms with Crippen LogP contribution in [-0.2, 0) is 4.29 Å². The summed E-state index contributed by atoms with van der Waals surface area (Å²) in [4.78, 5) is 14.7. The van der Waals surface area contributed by atoms with Crippen LogP contribution in [-0.4, -0.2) is 11.0 Å². The standard InChI is InChI=1S/C8H5ClN2O2/c1-5-6(2-10)3-11-4-7(5)8(12)13-9/h3-4H,1H3. The summed E-state index contributed by atoms with van der Waals surface area (Å²) in [7, 11) is 0. The minimum Gasteiger partial charge on any atom is -0.343 e. The predicted molar refractivity (Wildman–Crippen MR) is 45.0 cm³/mol. The minimum atomic E-state index is -0.705. The third-order valence-electron chi connectivity index (χ3n) is 1.63. The van der Waals surface area contributed by atoms with E-state index in [1.54, 1.807) is 6.92 Å². The van der Waals surface area contributed by atoms with Gasteiger partial charge in [-0.3, -0.25) is 4.98 Å². The SMILES string of the molecule is Cc1c(C#N)cncc1C(=O)OCl. The van der Waals surface area contributed by atoms with Gasteiger partial charge in [0.25, 0.3) is 0 Å². The van der Waals surface area contributed by atoms with Crippen LogP contribution in [0.4, 0.5) is 0 Å². The topological polar surface area (TPSA) is 63.0 Å². The summed E-state index contributed by atoms with van der Waals surface area (Å²) in [6, 6.07) is 1.90. The summed E-state index contributed by atoms with van der Waals surface area (Å²) >= 11 is 4.89. The van der Waals surface area contributed by atoms with Crippen LogP contribution in [0, 0.1) is 18.3 Å². The van der Waals surface area contributed by atoms with Crippen molar-refractivity contribution in [3.05, 3.63) is 29.1 Å². The number of nitrogens with zero attached hydrogens (tertiary/aromatic N) is 2. The third kappa shape index (κ3) is 1.76. The monoisotopic (exact) mass is 196 g/mol. The average Bonchev–Trinajstić information content (AvgIpc) is 2.17. The van der Waals surface area contributed by atoms with Gasteiger partial charge in [0.1, 0.15) is 17.9 Å². The van der Waals surface area contributed by atoms with Gasteiger partial charge in [0.05, 0.1) is 11.1 Å². The smallest absolute Gasteiger partial charge is 0.343 e. The molecule has 0 aromatic carbocycles. The van der Waals surface area contributed by atoms with Gasteiger partial charge in [-0.05, 0) is 12.5 Å². The summed E-state index contributed by atoms with van der Waals surface area (Å²) in [6.07, 6.45) is 2.68. The lowest BCUT2D eigenvalue weighted by Crippen LogP contribution is -2.03. The molecule has 1 heterocycles. The van der Waals surface area contributed by atoms with E-state index >= 15 is 0 Å². The number of hydrogen-bond donors (Lipinski definition) is 0. The van der Waals surface area contributed by atoms with E-state index in [0.29, 0.717) is 11.1 Å². The van der Waals surface area contributed by atoms with Crippen LogP contribution in [0.2, 0.25) is 0 Å². The molecule has 0 N–H and O–H groups in total. The molecule has 0 amide bonds. The Morgan fingerprint density at radius 2 is 2.38 bits per heavy atom. The lowest BCUT2D eigenvalue weighted by atomic mass is 10.1. The van der Waals surface area contributed by atoms with Crippen molar-refractivity contribution in [3.63, 3.8) is 0 Å². The molecule has 0 aliphatic heterocycles. The second-order valence-electron chi connectivity index (χ2n) is 2.34. The van der Waals surface area contributed by atoms with Gasteiger partial charge in [0.2, 0.25) is 0 Å². The van der Waals surface area contributed by atoms with Crippen LogP contribution < -0.4 is 0 Å². The van der Waals surface area contributed by atoms with Crippen molar-refractivity contribution >= 4 is 17.8 Å². The van der Waals surface area contributed by atoms with E-state index < -0.39 is 5.97 Å². The number of carbonyl (C=O) groups is 1. The second kappa shape index (κ2) is 3.87. The second-order valence-corrected chi connectivity index (χ2v) is 2.49. The van der Waals surface area contributed by atoms with E-state index in [1.165, 1.54) is 12.4 Å². The van der Waals surface area contributed by atoms with E-state index in [-0.39, 0.29) is 5.56 Å². The van der Waals surface area contributed by atoms with Crippen molar-refractivity contribution in [1.82, 2.24) is 4.98 Å². The molecule has 0 aliphatic carbocycles. The maximum atomic E-state index is 11.0. The molecule has 0 unspecified atom stereocenters. The van der Waals surface area contributed by atoms with Crippen molar-refractivity contribution in [1.29, 1.82) is 5.26 Å². The normalized spacial score (nSPS) is 9.00. The van der Waals surface area contributed by atoms with E-state index in [0.717, 1.165) is 0 Å². The molecule has 1 aromatic heterocycles. The van der Waals surface area contributed by atoms with E-state index in [2.05, 4.69) is 9.27 Å². The van der Waals surface area contributed by atoms with Gasteiger partial charge >= 0.3 is 5.97 Å². The summed E-state index contributed by atoms with van der Waals surface area (Å²) in [5.74, 6) is -0.705. The van der Waals surface area contributed by atoms with Crippen molar-refractivity contribution in [3.8, 4) is 6.07 Å². The summed E-state index contributed by atoms with van der Waals surface area (Å²) < 4.78 is 4.00. The number of rotatable bonds is 1. The largest absolute Gasteiger partial charge is 0.358 e. The van der Waals surface area contributed by atoms with Crippen molar-refractivity contribution in [2.45, 2.75) is 6.92 Å². The predicted octanol–water partition coefficient (Wildman–Crippen LogP) is 1.57. The molecule has 0 aliphatic rings. The lowest BCUT2D eigenvalue weighted by Gasteiger charge is -2.01. The van der Waals surface area contributed by atoms with Gasteiger partial charge in [0.15, 0.2) is 0 Å². The highest BCUT2D eigenvalue weighted by atomic mass is 35.5. The molecule has 0 atom stereocenters. The molecule has 0 spiro atoms. The number of hydrogen-bond acceptors (Lipinski definition) is 4. The van der Waals surface area contributed by atoms with Crippen LogP contribution in [0.1, 0.15) is 21.5 Å². The number of nitriles is 1. The van der Waals surface area contributed by atoms with Gasteiger partial charge < -0.3 is 4.29 Å². The zero-order chi connectivity index (χ0) is 9.84. The number of halogens is 1. The summed E-state index contributed by atoms with van der Waals surface area (Å²) in [5, 5.41) is 8.62. The van der Waals surface area contributed by atoms with E-state index in [1.807, 2.05) is 6.07 Å². The number of pyridine rings is 1. The van der Waals surface area contributed by atoms with Gasteiger partial charge in [-0.25, -0.2) is 4.79 Å². The van der Waals surface area contributed by atoms with Crippen LogP contribution in [0.5, 0.6) is 0 Å². The van der Waals surface area contributed by atoms with Crippen molar-refractivity contribution in [2.75, 3.05) is 0 Å². The lowest BCUT2D eigenvalue weighted by molar-refractivity contribution is 0.0750. The molecule has 13 heavy (non-hydrogen) atoms. The highest BCUT2D eigenvalue weighted by Crippen LogP contribution is 2.12. The van der Waals surface area contributed by atoms with Crippen molar-refractivity contribution < 1.29 is 9.08 Å². The molecule has 0 bridgehead atoms. The molecule has 0 saturated heterocycles. The third-order valence-corrected chi connectivity index (χ3v) is 1.77. The highest BCUT2D eigenvalue weighted by Gasteiger charge is 2.12. The molecule has 66 valence electrons. The molecule has 1 aromatic rings. The summed E-state index contributed by atoms with van der Waals surface area (Å²) in [5.41, 5.74) is 1.05. The zero-order valence-electron chi connectivity index (χ0n) is 6.74. The van der Waals surface area contributed by atoms with Crippen molar-refractivity contribution in [2.24, 2.45) is 0 Å². The van der Waals surface area contributed by atoms with Gasteiger partial charge in [0, 0.05) is 12.4 Å². The Morgan fingerprint density at radius 1 is 1.69 bits per heavy atom. The first-order chi connectivity index (χ1) is 6.20. The Bertz CT molecular complexity index is 384. The van der Waals surface area contributed by atoms with E-state index in [4.69, 9.17) is 17.1 Å². The first kappa shape index (κ1) is 9.49. The first-order valence-corrected chi connectivity index (χ1v) is 3.69. The van der Waals surface area contributed by atoms with Gasteiger partial charge in [-0.15, -0.1) is 0 Å². The Hall–Kier alpha value is -1.60. The Labute approximate surface area is 79.9 Å². The fraction of sp³-hybridized carbons (Fsp3) is 0.125. The molecule has 0 radical (unpaired) electrons. The van der Waals surface area contributed by atoms with Gasteiger partial charge in [-0.1, -0.05) is 0 Å². The van der Waals surface area contributed by atoms with E-state index in [9.17, 15) is 4.79 Å². The Morgan fingerprint density at radius 3 is 2.92 bits per heavy atom. The maximum Gasteiger partial charge on any atom is 0.358 e. The molecule has 0 saturated carbocycles. The number of aromatic nitrogens is 1. The highest BCUT2D eigenvalue weighted by molar-refractivity contribution is 6.16. The van der Waals surface area contributed by atoms with Crippen LogP contribution in [0.25, 0.3) is 0 Å². The molecule has 0 fully saturated rings. The molecular weight excluding hydrogens is 192 g/mol.